The van der Waals surface area contributed by atoms with E-state index < -0.39 is 11.7 Å². The van der Waals surface area contributed by atoms with Crippen molar-refractivity contribution in [1.29, 1.82) is 0 Å². The Morgan fingerprint density at radius 1 is 1.04 bits per heavy atom. The number of carbonyl (C=O) groups excluding carboxylic acids is 1. The molecule has 0 aliphatic carbocycles. The summed E-state index contributed by atoms with van der Waals surface area (Å²) in [7, 11) is 0. The Hall–Kier alpha value is -2.39. The van der Waals surface area contributed by atoms with Crippen LogP contribution in [0.1, 0.15) is 25.8 Å². The molecule has 4 rings (SSSR count). The van der Waals surface area contributed by atoms with Gasteiger partial charge in [-0.05, 0) is 53.1 Å². The van der Waals surface area contributed by atoms with Crippen LogP contribution in [0.15, 0.2) is 54.6 Å². The van der Waals surface area contributed by atoms with E-state index in [0.717, 1.165) is 5.56 Å². The van der Waals surface area contributed by atoms with Crippen molar-refractivity contribution in [3.8, 4) is 0 Å². The Bertz CT molecular complexity index is 927. The molecule has 0 saturated carbocycles. The van der Waals surface area contributed by atoms with E-state index in [4.69, 9.17) is 9.47 Å². The molecule has 24 heavy (non-hydrogen) atoms. The van der Waals surface area contributed by atoms with Gasteiger partial charge < -0.3 is 9.47 Å². The number of benzene rings is 3. The SMILES string of the molecule is CC1(C)CC(OCc2cccc3cc4ccccc4cc23)C(=O)O1. The van der Waals surface area contributed by atoms with Gasteiger partial charge in [-0.1, -0.05) is 42.5 Å². The molecule has 1 aliphatic rings. The third-order valence-corrected chi connectivity index (χ3v) is 4.59. The molecule has 0 N–H and O–H groups in total. The summed E-state index contributed by atoms with van der Waals surface area (Å²) in [6.07, 6.45) is 0.121. The number of ether oxygens (including phenoxy) is 2. The summed E-state index contributed by atoms with van der Waals surface area (Å²) < 4.78 is 11.2. The summed E-state index contributed by atoms with van der Waals surface area (Å²) in [6.45, 7) is 4.24. The zero-order valence-electron chi connectivity index (χ0n) is 13.9. The number of hydrogen-bond acceptors (Lipinski definition) is 3. The Morgan fingerprint density at radius 2 is 1.75 bits per heavy atom. The predicted molar refractivity (Wildman–Crippen MR) is 94.8 cm³/mol. The number of hydrogen-bond donors (Lipinski definition) is 0. The van der Waals surface area contributed by atoms with Gasteiger partial charge in [-0.15, -0.1) is 0 Å². The van der Waals surface area contributed by atoms with Gasteiger partial charge in [0, 0.05) is 6.42 Å². The quantitative estimate of drug-likeness (QED) is 0.522. The van der Waals surface area contributed by atoms with E-state index in [1.165, 1.54) is 21.5 Å². The summed E-state index contributed by atoms with van der Waals surface area (Å²) in [6, 6.07) is 18.9. The van der Waals surface area contributed by atoms with Crippen LogP contribution in [0, 0.1) is 0 Å². The first-order valence-corrected chi connectivity index (χ1v) is 8.27. The molecule has 1 atom stereocenters. The molecule has 0 aromatic heterocycles. The number of esters is 1. The molecule has 3 heteroatoms. The zero-order chi connectivity index (χ0) is 16.7. The van der Waals surface area contributed by atoms with E-state index >= 15 is 0 Å². The predicted octanol–water partition coefficient (Wildman–Crippen LogP) is 4.60. The molecule has 1 heterocycles. The normalized spacial score (nSPS) is 19.8. The molecule has 0 spiro atoms. The van der Waals surface area contributed by atoms with Crippen LogP contribution in [0.3, 0.4) is 0 Å². The summed E-state index contributed by atoms with van der Waals surface area (Å²) >= 11 is 0. The fourth-order valence-electron chi connectivity index (χ4n) is 3.38. The van der Waals surface area contributed by atoms with Crippen molar-refractivity contribution in [2.45, 2.75) is 38.6 Å². The molecule has 0 bridgehead atoms. The van der Waals surface area contributed by atoms with Crippen LogP contribution < -0.4 is 0 Å². The zero-order valence-corrected chi connectivity index (χ0v) is 13.9. The smallest absolute Gasteiger partial charge is 0.335 e. The third kappa shape index (κ3) is 2.76. The lowest BCUT2D eigenvalue weighted by molar-refractivity contribution is -0.153. The van der Waals surface area contributed by atoms with Crippen molar-refractivity contribution in [3.63, 3.8) is 0 Å². The first-order valence-electron chi connectivity index (χ1n) is 8.27. The molecule has 3 aromatic carbocycles. The van der Waals surface area contributed by atoms with Crippen molar-refractivity contribution in [2.75, 3.05) is 0 Å². The first kappa shape index (κ1) is 15.2. The molecule has 1 fully saturated rings. The number of rotatable bonds is 3. The molecule has 0 radical (unpaired) electrons. The Morgan fingerprint density at radius 3 is 2.46 bits per heavy atom. The van der Waals surface area contributed by atoms with E-state index in [-0.39, 0.29) is 5.97 Å². The van der Waals surface area contributed by atoms with E-state index in [0.29, 0.717) is 13.0 Å². The average molecular weight is 320 g/mol. The molecule has 0 amide bonds. The highest BCUT2D eigenvalue weighted by Gasteiger charge is 2.40. The molecule has 3 nitrogen and oxygen atoms in total. The largest absolute Gasteiger partial charge is 0.458 e. The lowest BCUT2D eigenvalue weighted by atomic mass is 10.00. The summed E-state index contributed by atoms with van der Waals surface area (Å²) in [5.41, 5.74) is 0.659. The van der Waals surface area contributed by atoms with Gasteiger partial charge >= 0.3 is 5.97 Å². The maximum absolute atomic E-state index is 11.9. The van der Waals surface area contributed by atoms with Crippen LogP contribution in [0.2, 0.25) is 0 Å². The third-order valence-electron chi connectivity index (χ3n) is 4.59. The molecule has 1 saturated heterocycles. The minimum absolute atomic E-state index is 0.259. The minimum Gasteiger partial charge on any atom is -0.458 e. The van der Waals surface area contributed by atoms with E-state index in [1.807, 2.05) is 26.0 Å². The van der Waals surface area contributed by atoms with Gasteiger partial charge in [-0.2, -0.15) is 0 Å². The van der Waals surface area contributed by atoms with Gasteiger partial charge in [-0.3, -0.25) is 0 Å². The maximum Gasteiger partial charge on any atom is 0.335 e. The topological polar surface area (TPSA) is 35.5 Å². The Balaban J connectivity index is 1.64. The van der Waals surface area contributed by atoms with Crippen molar-refractivity contribution < 1.29 is 14.3 Å². The highest BCUT2D eigenvalue weighted by molar-refractivity contribution is 5.99. The van der Waals surface area contributed by atoms with Crippen LogP contribution >= 0.6 is 0 Å². The summed E-state index contributed by atoms with van der Waals surface area (Å²) in [5.74, 6) is -0.259. The van der Waals surface area contributed by atoms with Gasteiger partial charge in [-0.25, -0.2) is 4.79 Å². The molecule has 1 aliphatic heterocycles. The molecular weight excluding hydrogens is 300 g/mol. The van der Waals surface area contributed by atoms with Crippen LogP contribution in [0.4, 0.5) is 0 Å². The van der Waals surface area contributed by atoms with Gasteiger partial charge in [0.15, 0.2) is 6.10 Å². The van der Waals surface area contributed by atoms with Crippen molar-refractivity contribution in [2.24, 2.45) is 0 Å². The van der Waals surface area contributed by atoms with Crippen LogP contribution in [0.25, 0.3) is 21.5 Å². The fourth-order valence-corrected chi connectivity index (χ4v) is 3.38. The lowest BCUT2D eigenvalue weighted by Crippen LogP contribution is -2.19. The summed E-state index contributed by atoms with van der Waals surface area (Å²) in [5, 5.41) is 4.79. The maximum atomic E-state index is 11.9. The van der Waals surface area contributed by atoms with Gasteiger partial charge in [0.25, 0.3) is 0 Å². The van der Waals surface area contributed by atoms with Crippen LogP contribution in [-0.4, -0.2) is 17.7 Å². The van der Waals surface area contributed by atoms with E-state index in [2.05, 4.69) is 42.5 Å². The second kappa shape index (κ2) is 5.60. The van der Waals surface area contributed by atoms with Gasteiger partial charge in [0.05, 0.1) is 6.61 Å². The standard InChI is InChI=1S/C21H20O3/c1-21(2)12-19(20(22)24-21)23-13-17-9-5-8-16-10-14-6-3-4-7-15(14)11-18(16)17/h3-11,19H,12-13H2,1-2H3. The lowest BCUT2D eigenvalue weighted by Gasteiger charge is -2.14. The second-order valence-corrected chi connectivity index (χ2v) is 7.02. The molecule has 1 unspecified atom stereocenters. The van der Waals surface area contributed by atoms with Crippen LogP contribution in [-0.2, 0) is 20.9 Å². The highest BCUT2D eigenvalue weighted by Crippen LogP contribution is 2.30. The Labute approximate surface area is 141 Å². The van der Waals surface area contributed by atoms with Gasteiger partial charge in [0.2, 0.25) is 0 Å². The summed E-state index contributed by atoms with van der Waals surface area (Å²) in [4.78, 5) is 11.9. The van der Waals surface area contributed by atoms with Crippen molar-refractivity contribution >= 4 is 27.5 Å². The molecule has 122 valence electrons. The van der Waals surface area contributed by atoms with Crippen molar-refractivity contribution in [1.82, 2.24) is 0 Å². The van der Waals surface area contributed by atoms with E-state index in [1.54, 1.807) is 0 Å². The average Bonchev–Trinajstić information content (AvgIpc) is 2.83. The number of carbonyl (C=O) groups is 1. The fraction of sp³-hybridized carbons (Fsp3) is 0.286. The van der Waals surface area contributed by atoms with Crippen LogP contribution in [0.5, 0.6) is 0 Å². The van der Waals surface area contributed by atoms with Crippen molar-refractivity contribution in [3.05, 3.63) is 60.2 Å². The molecule has 3 aromatic rings. The monoisotopic (exact) mass is 320 g/mol. The number of cyclic esters (lactones) is 1. The number of fused-ring (bicyclic) bond motifs is 2. The highest BCUT2D eigenvalue weighted by atomic mass is 16.6. The minimum atomic E-state index is -0.476. The van der Waals surface area contributed by atoms with Gasteiger partial charge in [0.1, 0.15) is 5.60 Å². The second-order valence-electron chi connectivity index (χ2n) is 7.02. The van der Waals surface area contributed by atoms with E-state index in [9.17, 15) is 4.79 Å². The first-order chi connectivity index (χ1) is 11.5. The Kier molecular flexibility index (Phi) is 3.54. The molecular formula is C21H20O3.